The zero-order valence-corrected chi connectivity index (χ0v) is 21.0. The Labute approximate surface area is 216 Å². The second-order valence-electron chi connectivity index (χ2n) is 8.66. The number of aliphatic hydroxyl groups is 1. The highest BCUT2D eigenvalue weighted by Crippen LogP contribution is 2.36. The van der Waals surface area contributed by atoms with E-state index in [1.54, 1.807) is 31.3 Å². The van der Waals surface area contributed by atoms with Gasteiger partial charge in [-0.25, -0.2) is 0 Å². The predicted octanol–water partition coefficient (Wildman–Crippen LogP) is 4.01. The number of hydrogen-bond acceptors (Lipinski definition) is 7. The fourth-order valence-corrected chi connectivity index (χ4v) is 3.92. The van der Waals surface area contributed by atoms with Crippen LogP contribution in [0.3, 0.4) is 0 Å². The summed E-state index contributed by atoms with van der Waals surface area (Å²) in [6.45, 7) is 0.896. The molecule has 4 rings (SSSR count). The van der Waals surface area contributed by atoms with Crippen molar-refractivity contribution in [1.29, 1.82) is 0 Å². The molecule has 1 unspecified atom stereocenters. The summed E-state index contributed by atoms with van der Waals surface area (Å²) in [5, 5.41) is 11.3. The number of likely N-dealkylation sites (N-methyl/N-ethyl adjacent to an activating group) is 1. The lowest BCUT2D eigenvalue weighted by molar-refractivity contribution is -0.274. The van der Waals surface area contributed by atoms with E-state index in [2.05, 4.69) is 9.72 Å². The second kappa shape index (κ2) is 10.5. The van der Waals surface area contributed by atoms with Gasteiger partial charge in [0.15, 0.2) is 11.5 Å². The molecule has 1 aliphatic rings. The second-order valence-corrected chi connectivity index (χ2v) is 9.10. The van der Waals surface area contributed by atoms with Crippen molar-refractivity contribution < 1.29 is 32.5 Å². The molecule has 3 aromatic rings. The summed E-state index contributed by atoms with van der Waals surface area (Å²) < 4.78 is 49.5. The third-order valence-corrected chi connectivity index (χ3v) is 5.88. The maximum absolute atomic E-state index is 13.6. The van der Waals surface area contributed by atoms with E-state index >= 15 is 0 Å². The number of aliphatic hydroxyl groups excluding tert-OH is 1. The highest BCUT2D eigenvalue weighted by Gasteiger charge is 2.40. The van der Waals surface area contributed by atoms with Crippen LogP contribution in [0.25, 0.3) is 0 Å². The van der Waals surface area contributed by atoms with Gasteiger partial charge in [0, 0.05) is 31.2 Å². The van der Waals surface area contributed by atoms with Crippen molar-refractivity contribution in [3.05, 3.63) is 64.8 Å². The van der Waals surface area contributed by atoms with E-state index in [4.69, 9.17) is 16.3 Å². The lowest BCUT2D eigenvalue weighted by Gasteiger charge is -2.38. The summed E-state index contributed by atoms with van der Waals surface area (Å²) in [4.78, 5) is 22.6. The highest BCUT2D eigenvalue weighted by atomic mass is 35.5. The van der Waals surface area contributed by atoms with E-state index < -0.39 is 24.4 Å². The molecular weight excluding hydrogens is 515 g/mol. The first-order valence-corrected chi connectivity index (χ1v) is 11.6. The van der Waals surface area contributed by atoms with Crippen molar-refractivity contribution in [2.45, 2.75) is 19.3 Å². The van der Waals surface area contributed by atoms with Crippen LogP contribution in [0.15, 0.2) is 48.5 Å². The Morgan fingerprint density at radius 3 is 2.46 bits per heavy atom. The largest absolute Gasteiger partial charge is 0.573 e. The van der Waals surface area contributed by atoms with Crippen LogP contribution < -0.4 is 14.4 Å². The Morgan fingerprint density at radius 2 is 1.81 bits per heavy atom. The van der Waals surface area contributed by atoms with Gasteiger partial charge in [-0.1, -0.05) is 29.8 Å². The molecule has 9 nitrogen and oxygen atoms in total. The number of aromatic nitrogens is 2. The molecule has 0 saturated carbocycles. The number of amides is 1. The average molecular weight is 540 g/mol. The molecule has 2 aromatic carbocycles. The van der Waals surface area contributed by atoms with Gasteiger partial charge in [0.1, 0.15) is 11.5 Å². The van der Waals surface area contributed by atoms with Crippen LogP contribution in [-0.4, -0.2) is 77.3 Å². The number of fused-ring (bicyclic) bond motifs is 1. The minimum absolute atomic E-state index is 0.0153. The number of halogens is 4. The van der Waals surface area contributed by atoms with Crippen molar-refractivity contribution in [3.63, 3.8) is 0 Å². The Morgan fingerprint density at radius 1 is 1.14 bits per heavy atom. The molecule has 1 aliphatic heterocycles. The molecule has 1 amide bonds. The maximum Gasteiger partial charge on any atom is 0.573 e. The minimum Gasteiger partial charge on any atom is -0.425 e. The predicted molar refractivity (Wildman–Crippen MR) is 130 cm³/mol. The summed E-state index contributed by atoms with van der Waals surface area (Å²) in [6.07, 6.45) is -6.14. The van der Waals surface area contributed by atoms with Gasteiger partial charge >= 0.3 is 12.4 Å². The van der Waals surface area contributed by atoms with Crippen LogP contribution in [-0.2, 0) is 6.54 Å². The molecule has 1 atom stereocenters. The smallest absolute Gasteiger partial charge is 0.425 e. The first kappa shape index (κ1) is 26.6. The highest BCUT2D eigenvalue weighted by molar-refractivity contribution is 6.30. The summed E-state index contributed by atoms with van der Waals surface area (Å²) >= 11 is 6.01. The van der Waals surface area contributed by atoms with Gasteiger partial charge in [0.2, 0.25) is 6.35 Å². The van der Waals surface area contributed by atoms with Gasteiger partial charge in [-0.15, -0.1) is 13.2 Å². The Hall–Kier alpha value is -3.48. The van der Waals surface area contributed by atoms with Crippen LogP contribution in [0.1, 0.15) is 16.1 Å². The molecule has 0 aliphatic carbocycles. The van der Waals surface area contributed by atoms with E-state index in [1.807, 2.05) is 19.0 Å². The number of rotatable bonds is 8. The van der Waals surface area contributed by atoms with Crippen LogP contribution in [0, 0.1) is 0 Å². The number of carbonyl (C=O) groups is 1. The van der Waals surface area contributed by atoms with Crippen molar-refractivity contribution in [1.82, 2.24) is 19.4 Å². The van der Waals surface area contributed by atoms with E-state index in [0.29, 0.717) is 11.6 Å². The number of hydrogen-bond donors (Lipinski definition) is 1. The first-order valence-electron chi connectivity index (χ1n) is 11.2. The van der Waals surface area contributed by atoms with Crippen molar-refractivity contribution >= 4 is 23.3 Å². The zero-order chi connectivity index (χ0) is 26.9. The number of imidazole rings is 1. The number of ether oxygens (including phenoxy) is 2. The Bertz CT molecular complexity index is 1270. The van der Waals surface area contributed by atoms with Crippen LogP contribution in [0.4, 0.5) is 19.0 Å². The molecule has 0 spiro atoms. The van der Waals surface area contributed by atoms with E-state index in [0.717, 1.165) is 17.7 Å². The minimum atomic E-state index is -4.87. The first-order chi connectivity index (χ1) is 17.4. The SMILES string of the molecule is CN(C)CCN1C(=O)c2c(nc(Oc3cccc(OC(F)(F)F)c3)n2Cc2ccc(Cl)cc2)N(C)C1O. The van der Waals surface area contributed by atoms with Gasteiger partial charge < -0.3 is 24.4 Å². The standard InChI is InChI=1S/C24H25ClF3N5O4/c1-30(2)11-12-32-21(34)19-20(31(3)23(32)35)29-22(33(19)14-15-7-9-16(25)10-8-15)36-17-5-4-6-18(13-17)37-24(26,27)28/h4-10,13,23,35H,11-12,14H2,1-3H3. The Balaban J connectivity index is 1.76. The summed E-state index contributed by atoms with van der Waals surface area (Å²) in [6, 6.07) is 11.9. The molecule has 0 fully saturated rings. The Kier molecular flexibility index (Phi) is 7.53. The lowest BCUT2D eigenvalue weighted by atomic mass is 10.2. The van der Waals surface area contributed by atoms with E-state index in [9.17, 15) is 23.1 Å². The fourth-order valence-electron chi connectivity index (χ4n) is 3.80. The summed E-state index contributed by atoms with van der Waals surface area (Å²) in [7, 11) is 5.28. The normalized spacial score (nSPS) is 15.8. The van der Waals surface area contributed by atoms with Gasteiger partial charge in [0.05, 0.1) is 6.54 Å². The van der Waals surface area contributed by atoms with Crippen molar-refractivity contribution in [3.8, 4) is 17.5 Å². The average Bonchev–Trinajstić information content (AvgIpc) is 3.16. The van der Waals surface area contributed by atoms with Crippen LogP contribution in [0.5, 0.6) is 17.5 Å². The van der Waals surface area contributed by atoms with Crippen molar-refractivity contribution in [2.24, 2.45) is 0 Å². The zero-order valence-electron chi connectivity index (χ0n) is 20.2. The molecule has 0 saturated heterocycles. The maximum atomic E-state index is 13.6. The number of carbonyl (C=O) groups excluding carboxylic acids is 1. The van der Waals surface area contributed by atoms with Crippen molar-refractivity contribution in [2.75, 3.05) is 39.1 Å². The topological polar surface area (TPSA) is 83.3 Å². The molecule has 0 radical (unpaired) electrons. The molecule has 0 bridgehead atoms. The molecule has 37 heavy (non-hydrogen) atoms. The molecular formula is C24H25ClF3N5O4. The van der Waals surface area contributed by atoms with Crippen LogP contribution >= 0.6 is 11.6 Å². The van der Waals surface area contributed by atoms with Gasteiger partial charge in [-0.05, 0) is 43.9 Å². The number of anilines is 1. The monoisotopic (exact) mass is 539 g/mol. The third-order valence-electron chi connectivity index (χ3n) is 5.63. The van der Waals surface area contributed by atoms with Crippen LogP contribution in [0.2, 0.25) is 5.02 Å². The number of nitrogens with zero attached hydrogens (tertiary/aromatic N) is 5. The number of alkyl halides is 3. The van der Waals surface area contributed by atoms with Gasteiger partial charge in [-0.3, -0.25) is 14.3 Å². The quantitative estimate of drug-likeness (QED) is 0.463. The molecule has 2 heterocycles. The van der Waals surface area contributed by atoms with E-state index in [1.165, 1.54) is 26.5 Å². The summed E-state index contributed by atoms with van der Waals surface area (Å²) in [5.74, 6) is -0.746. The number of benzene rings is 2. The molecule has 198 valence electrons. The van der Waals surface area contributed by atoms with E-state index in [-0.39, 0.29) is 36.4 Å². The van der Waals surface area contributed by atoms with Gasteiger partial charge in [0.25, 0.3) is 5.91 Å². The van der Waals surface area contributed by atoms with Gasteiger partial charge in [-0.2, -0.15) is 4.98 Å². The fraction of sp³-hybridized carbons (Fsp3) is 0.333. The lowest BCUT2D eigenvalue weighted by Crippen LogP contribution is -2.55. The third kappa shape index (κ3) is 6.09. The molecule has 1 aromatic heterocycles. The molecule has 1 N–H and O–H groups in total. The molecule has 13 heteroatoms. The summed E-state index contributed by atoms with van der Waals surface area (Å²) in [5.41, 5.74) is 0.934.